The number of anilines is 1. The molecule has 6 rings (SSSR count). The predicted molar refractivity (Wildman–Crippen MR) is 136 cm³/mol. The molecule has 1 amide bonds. The van der Waals surface area contributed by atoms with Crippen molar-refractivity contribution in [2.24, 2.45) is 0 Å². The van der Waals surface area contributed by atoms with Gasteiger partial charge in [0.1, 0.15) is 6.26 Å². The van der Waals surface area contributed by atoms with Crippen LogP contribution in [0.5, 0.6) is 0 Å². The smallest absolute Gasteiger partial charge is 0.277 e. The van der Waals surface area contributed by atoms with E-state index in [0.29, 0.717) is 35.4 Å². The molecule has 8 nitrogen and oxygen atoms in total. The van der Waals surface area contributed by atoms with Crippen molar-refractivity contribution in [1.29, 1.82) is 0 Å². The van der Waals surface area contributed by atoms with Crippen molar-refractivity contribution in [1.82, 2.24) is 14.8 Å². The molecule has 2 aromatic heterocycles. The first-order chi connectivity index (χ1) is 17.2. The maximum absolute atomic E-state index is 13.1. The van der Waals surface area contributed by atoms with Crippen LogP contribution in [0.4, 0.5) is 5.69 Å². The number of fused-ring (bicyclic) bond motifs is 3. The molecule has 2 aliphatic heterocycles. The molecular formula is C28H30N4O4. The van der Waals surface area contributed by atoms with E-state index in [1.54, 1.807) is 13.8 Å². The predicted octanol–water partition coefficient (Wildman–Crippen LogP) is 5.36. The van der Waals surface area contributed by atoms with E-state index in [1.807, 2.05) is 54.2 Å². The maximum atomic E-state index is 13.1. The zero-order chi connectivity index (χ0) is 25.0. The van der Waals surface area contributed by atoms with Crippen molar-refractivity contribution >= 4 is 22.5 Å². The molecule has 36 heavy (non-hydrogen) atoms. The largest absolute Gasteiger partial charge is 0.444 e. The molecule has 0 aliphatic carbocycles. The second kappa shape index (κ2) is 8.57. The monoisotopic (exact) mass is 486 g/mol. The Morgan fingerprint density at radius 3 is 2.67 bits per heavy atom. The topological polar surface area (TPSA) is 102 Å². The van der Waals surface area contributed by atoms with Gasteiger partial charge in [-0.1, -0.05) is 17.7 Å². The SMILES string of the molecule is Cc1cccc(-c2nc(C(=O)Nc3cc4cn(C5CC6CCC(C5)O6)nc4cc3C(C)(C)O)co2)c1. The van der Waals surface area contributed by atoms with Crippen LogP contribution in [-0.2, 0) is 10.3 Å². The van der Waals surface area contributed by atoms with Gasteiger partial charge in [0.15, 0.2) is 5.69 Å². The normalized spacial score (nSPS) is 21.7. The van der Waals surface area contributed by atoms with Gasteiger partial charge in [0, 0.05) is 28.4 Å². The van der Waals surface area contributed by atoms with E-state index < -0.39 is 11.5 Å². The average Bonchev–Trinajstić information content (AvgIpc) is 3.56. The van der Waals surface area contributed by atoms with Crippen LogP contribution in [0.3, 0.4) is 0 Å². The van der Waals surface area contributed by atoms with Gasteiger partial charge in [0.05, 0.1) is 29.4 Å². The Morgan fingerprint density at radius 2 is 1.94 bits per heavy atom. The summed E-state index contributed by atoms with van der Waals surface area (Å²) >= 11 is 0. The van der Waals surface area contributed by atoms with Gasteiger partial charge in [-0.05, 0) is 70.7 Å². The van der Waals surface area contributed by atoms with Crippen molar-refractivity contribution in [3.63, 3.8) is 0 Å². The second-order valence-electron chi connectivity index (χ2n) is 10.6. The van der Waals surface area contributed by atoms with Crippen LogP contribution < -0.4 is 5.32 Å². The minimum Gasteiger partial charge on any atom is -0.444 e. The summed E-state index contributed by atoms with van der Waals surface area (Å²) in [6.07, 6.45) is 8.17. The Balaban J connectivity index is 1.30. The quantitative estimate of drug-likeness (QED) is 0.394. The molecule has 0 spiro atoms. The van der Waals surface area contributed by atoms with Crippen LogP contribution in [0, 0.1) is 6.92 Å². The first kappa shape index (κ1) is 22.9. The summed E-state index contributed by atoms with van der Waals surface area (Å²) in [5, 5.41) is 19.6. The molecule has 2 unspecified atom stereocenters. The minimum absolute atomic E-state index is 0.168. The van der Waals surface area contributed by atoms with Crippen molar-refractivity contribution in [2.45, 2.75) is 70.3 Å². The first-order valence-electron chi connectivity index (χ1n) is 12.5. The third-order valence-corrected chi connectivity index (χ3v) is 7.21. The van der Waals surface area contributed by atoms with Crippen LogP contribution >= 0.6 is 0 Å². The molecule has 4 aromatic rings. The summed E-state index contributed by atoms with van der Waals surface area (Å²) in [6.45, 7) is 5.38. The van der Waals surface area contributed by atoms with Crippen LogP contribution in [0.15, 0.2) is 53.3 Å². The van der Waals surface area contributed by atoms with E-state index in [-0.39, 0.29) is 5.69 Å². The molecule has 0 radical (unpaired) electrons. The summed E-state index contributed by atoms with van der Waals surface area (Å²) < 4.78 is 13.6. The Labute approximate surface area is 209 Å². The van der Waals surface area contributed by atoms with Crippen molar-refractivity contribution in [3.05, 3.63) is 65.7 Å². The number of aryl methyl sites for hydroxylation is 1. The number of ether oxygens (including phenoxy) is 1. The molecule has 2 N–H and O–H groups in total. The number of hydrogen-bond donors (Lipinski definition) is 2. The fraction of sp³-hybridized carbons (Fsp3) is 0.393. The molecule has 0 saturated carbocycles. The van der Waals surface area contributed by atoms with Gasteiger partial charge in [0.2, 0.25) is 5.89 Å². The third-order valence-electron chi connectivity index (χ3n) is 7.21. The minimum atomic E-state index is -1.19. The van der Waals surface area contributed by atoms with E-state index in [4.69, 9.17) is 14.3 Å². The zero-order valence-electron chi connectivity index (χ0n) is 20.7. The fourth-order valence-electron chi connectivity index (χ4n) is 5.41. The zero-order valence-corrected chi connectivity index (χ0v) is 20.7. The summed E-state index contributed by atoms with van der Waals surface area (Å²) in [7, 11) is 0. The highest BCUT2D eigenvalue weighted by molar-refractivity contribution is 6.04. The van der Waals surface area contributed by atoms with Crippen molar-refractivity contribution in [2.75, 3.05) is 5.32 Å². The second-order valence-corrected chi connectivity index (χ2v) is 10.6. The average molecular weight is 487 g/mol. The summed E-state index contributed by atoms with van der Waals surface area (Å²) in [4.78, 5) is 17.5. The van der Waals surface area contributed by atoms with Crippen LogP contribution in [0.1, 0.15) is 67.2 Å². The van der Waals surface area contributed by atoms with Gasteiger partial charge >= 0.3 is 0 Å². The molecule has 2 aliphatic rings. The number of benzene rings is 2. The van der Waals surface area contributed by atoms with Gasteiger partial charge in [-0.2, -0.15) is 5.10 Å². The number of hydrogen-bond acceptors (Lipinski definition) is 6. The number of amides is 1. The lowest BCUT2D eigenvalue weighted by atomic mass is 9.95. The number of oxazole rings is 1. The number of aliphatic hydroxyl groups is 1. The molecule has 2 bridgehead atoms. The Hall–Kier alpha value is -3.49. The number of nitrogens with zero attached hydrogens (tertiary/aromatic N) is 3. The maximum Gasteiger partial charge on any atom is 0.277 e. The Kier molecular flexibility index (Phi) is 5.46. The first-order valence-corrected chi connectivity index (χ1v) is 12.5. The van der Waals surface area contributed by atoms with E-state index in [1.165, 1.54) is 6.26 Å². The number of rotatable bonds is 5. The molecule has 2 saturated heterocycles. The van der Waals surface area contributed by atoms with E-state index >= 15 is 0 Å². The molecule has 186 valence electrons. The van der Waals surface area contributed by atoms with E-state index in [2.05, 4.69) is 10.3 Å². The van der Waals surface area contributed by atoms with Gasteiger partial charge in [-0.25, -0.2) is 4.98 Å². The fourth-order valence-corrected chi connectivity index (χ4v) is 5.41. The molecular weight excluding hydrogens is 456 g/mol. The third kappa shape index (κ3) is 4.31. The van der Waals surface area contributed by atoms with Gasteiger partial charge in [-0.15, -0.1) is 0 Å². The standard InChI is InChI=1S/C28H30N4O4/c1-16-5-4-6-17(9-16)27-30-25(15-35-27)26(33)29-24-10-18-14-32(19-11-20-7-8-21(12-19)36-20)31-23(18)13-22(24)28(2,3)34/h4-6,9-10,13-15,19-21,34H,7-8,11-12H2,1-3H3,(H,29,33). The molecule has 2 atom stereocenters. The number of nitrogens with one attached hydrogen (secondary N) is 1. The van der Waals surface area contributed by atoms with Gasteiger partial charge in [0.25, 0.3) is 5.91 Å². The lowest BCUT2D eigenvalue weighted by Crippen LogP contribution is -2.27. The van der Waals surface area contributed by atoms with Gasteiger partial charge < -0.3 is 19.6 Å². The number of carbonyl (C=O) groups is 1. The lowest BCUT2D eigenvalue weighted by molar-refractivity contribution is -0.0179. The van der Waals surface area contributed by atoms with Crippen LogP contribution in [0.2, 0.25) is 0 Å². The van der Waals surface area contributed by atoms with Gasteiger partial charge in [-0.3, -0.25) is 9.48 Å². The van der Waals surface area contributed by atoms with Crippen LogP contribution in [-0.4, -0.2) is 38.0 Å². The summed E-state index contributed by atoms with van der Waals surface area (Å²) in [6, 6.07) is 11.8. The number of aromatic nitrogens is 3. The highest BCUT2D eigenvalue weighted by Gasteiger charge is 2.36. The van der Waals surface area contributed by atoms with E-state index in [0.717, 1.165) is 47.7 Å². The van der Waals surface area contributed by atoms with Crippen molar-refractivity contribution in [3.8, 4) is 11.5 Å². The molecule has 2 fully saturated rings. The highest BCUT2D eigenvalue weighted by atomic mass is 16.5. The molecule has 4 heterocycles. The van der Waals surface area contributed by atoms with Crippen molar-refractivity contribution < 1.29 is 19.1 Å². The molecule has 2 aromatic carbocycles. The van der Waals surface area contributed by atoms with E-state index in [9.17, 15) is 9.90 Å². The number of carbonyl (C=O) groups excluding carboxylic acids is 1. The Morgan fingerprint density at radius 1 is 1.17 bits per heavy atom. The summed E-state index contributed by atoms with van der Waals surface area (Å²) in [5.74, 6) is -0.0235. The molecule has 8 heteroatoms. The lowest BCUT2D eigenvalue weighted by Gasteiger charge is -2.28. The Bertz CT molecular complexity index is 1440. The van der Waals surface area contributed by atoms with Crippen LogP contribution in [0.25, 0.3) is 22.4 Å². The summed E-state index contributed by atoms with van der Waals surface area (Å²) in [5.41, 5.74) is 2.76. The highest BCUT2D eigenvalue weighted by Crippen LogP contribution is 2.39.